The molecular weight excluding hydrogens is 242 g/mol. The van der Waals surface area contributed by atoms with E-state index in [2.05, 4.69) is 17.1 Å². The summed E-state index contributed by atoms with van der Waals surface area (Å²) in [5, 5.41) is 0.993. The summed E-state index contributed by atoms with van der Waals surface area (Å²) < 4.78 is 6.63. The minimum atomic E-state index is 0.853. The van der Waals surface area contributed by atoms with Crippen LogP contribution in [0.25, 0.3) is 32.1 Å². The quantitative estimate of drug-likeness (QED) is 0.498. The monoisotopic (exact) mass is 250 g/mol. The van der Waals surface area contributed by atoms with E-state index in [0.717, 1.165) is 27.4 Å². The van der Waals surface area contributed by atoms with Gasteiger partial charge in [0, 0.05) is 11.1 Å². The van der Waals surface area contributed by atoms with Gasteiger partial charge in [0.15, 0.2) is 0 Å². The molecule has 1 radical (unpaired) electrons. The lowest BCUT2D eigenvalue weighted by Crippen LogP contribution is -1.77. The summed E-state index contributed by atoms with van der Waals surface area (Å²) in [6.45, 7) is 0. The maximum absolute atomic E-state index is 5.43. The molecule has 1 aliphatic carbocycles. The zero-order valence-electron chi connectivity index (χ0n) is 9.38. The van der Waals surface area contributed by atoms with Crippen LogP contribution in [-0.2, 0) is 0 Å². The largest absolute Gasteiger partial charge is 0.464 e. The number of benzene rings is 1. The van der Waals surface area contributed by atoms with Crippen molar-refractivity contribution in [1.29, 1.82) is 0 Å². The summed E-state index contributed by atoms with van der Waals surface area (Å²) in [5.41, 5.74) is 3.13. The van der Waals surface area contributed by atoms with Crippen LogP contribution in [0.3, 0.4) is 0 Å². The van der Waals surface area contributed by atoms with Gasteiger partial charge in [-0.05, 0) is 36.4 Å². The van der Waals surface area contributed by atoms with E-state index in [1.807, 2.05) is 36.4 Å². The lowest BCUT2D eigenvalue weighted by atomic mass is 10.2. The molecule has 2 heterocycles. The topological polar surface area (TPSA) is 26.0 Å². The molecule has 0 bridgehead atoms. The highest BCUT2D eigenvalue weighted by molar-refractivity contribution is 7.21. The van der Waals surface area contributed by atoms with E-state index in [-0.39, 0.29) is 0 Å². The first-order valence-electron chi connectivity index (χ1n) is 5.66. The Hall–Kier alpha value is -2.13. The van der Waals surface area contributed by atoms with Crippen molar-refractivity contribution < 1.29 is 4.42 Å². The highest BCUT2D eigenvalue weighted by Crippen LogP contribution is 2.38. The Kier molecular flexibility index (Phi) is 2.02. The van der Waals surface area contributed by atoms with Crippen LogP contribution in [0.15, 0.2) is 53.1 Å². The van der Waals surface area contributed by atoms with Crippen molar-refractivity contribution in [2.45, 2.75) is 0 Å². The molecule has 4 rings (SSSR count). The molecule has 85 valence electrons. The predicted molar refractivity (Wildman–Crippen MR) is 72.8 cm³/mol. The number of aromatic nitrogens is 1. The predicted octanol–water partition coefficient (Wildman–Crippen LogP) is 4.46. The van der Waals surface area contributed by atoms with E-state index in [0.29, 0.717) is 0 Å². The summed E-state index contributed by atoms with van der Waals surface area (Å²) in [7, 11) is 0. The standard InChI is InChI=1S/C15H8NOS/c1-2-6-14-12(5-1)16-15(18-14)11-7-8-13-10(11)4-3-9-17-13/h1-6,8-9H. The number of fused-ring (bicyclic) bond motifs is 2. The Bertz CT molecular complexity index is 766. The Balaban J connectivity index is 1.97. The average Bonchev–Trinajstić information content (AvgIpc) is 3.02. The molecule has 1 aliphatic heterocycles. The van der Waals surface area contributed by atoms with Gasteiger partial charge < -0.3 is 4.42 Å². The molecule has 2 nitrogen and oxygen atoms in total. The Labute approximate surface area is 108 Å². The maximum Gasteiger partial charge on any atom is 0.135 e. The number of rotatable bonds is 1. The van der Waals surface area contributed by atoms with E-state index in [1.54, 1.807) is 17.6 Å². The highest BCUT2D eigenvalue weighted by atomic mass is 32.1. The van der Waals surface area contributed by atoms with Crippen molar-refractivity contribution >= 4 is 21.6 Å². The highest BCUT2D eigenvalue weighted by Gasteiger charge is 2.15. The molecule has 0 unspecified atom stereocenters. The van der Waals surface area contributed by atoms with E-state index in [9.17, 15) is 0 Å². The summed E-state index contributed by atoms with van der Waals surface area (Å²) in [5.74, 6) is 0.853. The van der Waals surface area contributed by atoms with Crippen LogP contribution < -0.4 is 0 Å². The molecule has 3 heteroatoms. The van der Waals surface area contributed by atoms with Gasteiger partial charge in [-0.25, -0.2) is 4.98 Å². The Morgan fingerprint density at radius 2 is 2.06 bits per heavy atom. The van der Waals surface area contributed by atoms with Gasteiger partial charge >= 0.3 is 0 Å². The molecule has 0 fully saturated rings. The summed E-state index contributed by atoms with van der Waals surface area (Å²) in [6, 6.07) is 17.2. The zero-order chi connectivity index (χ0) is 11.9. The smallest absolute Gasteiger partial charge is 0.135 e. The molecule has 0 saturated carbocycles. The summed E-state index contributed by atoms with van der Waals surface area (Å²) in [4.78, 5) is 4.65. The molecule has 0 atom stereocenters. The number of hydrogen-bond donors (Lipinski definition) is 0. The second-order valence-electron chi connectivity index (χ2n) is 4.04. The molecular formula is C15H8NOS. The van der Waals surface area contributed by atoms with Crippen LogP contribution in [-0.4, -0.2) is 4.98 Å². The Morgan fingerprint density at radius 1 is 1.11 bits per heavy atom. The first kappa shape index (κ1) is 9.85. The zero-order valence-corrected chi connectivity index (χ0v) is 10.2. The molecule has 2 aliphatic rings. The van der Waals surface area contributed by atoms with Crippen molar-refractivity contribution in [3.63, 3.8) is 0 Å². The SMILES string of the molecule is [c]1cc2occcc-2c1-c1nc2ccccc2s1. The first-order chi connectivity index (χ1) is 8.92. The fourth-order valence-electron chi connectivity index (χ4n) is 2.08. The molecule has 0 amide bonds. The molecule has 0 spiro atoms. The molecule has 1 aromatic heterocycles. The lowest BCUT2D eigenvalue weighted by Gasteiger charge is -1.98. The summed E-state index contributed by atoms with van der Waals surface area (Å²) in [6.07, 6.45) is 1.68. The van der Waals surface area contributed by atoms with Gasteiger partial charge in [-0.2, -0.15) is 0 Å². The third-order valence-electron chi connectivity index (χ3n) is 2.93. The van der Waals surface area contributed by atoms with Crippen molar-refractivity contribution in [3.05, 3.63) is 54.8 Å². The van der Waals surface area contributed by atoms with Crippen LogP contribution in [0.2, 0.25) is 0 Å². The van der Waals surface area contributed by atoms with E-state index in [1.165, 1.54) is 4.70 Å². The van der Waals surface area contributed by atoms with Crippen molar-refractivity contribution in [2.24, 2.45) is 0 Å². The van der Waals surface area contributed by atoms with Gasteiger partial charge in [-0.3, -0.25) is 0 Å². The fraction of sp³-hybridized carbons (Fsp3) is 0. The van der Waals surface area contributed by atoms with E-state index >= 15 is 0 Å². The molecule has 0 saturated heterocycles. The molecule has 1 aromatic carbocycles. The van der Waals surface area contributed by atoms with Crippen LogP contribution in [0.5, 0.6) is 0 Å². The minimum Gasteiger partial charge on any atom is -0.464 e. The number of thiazole rings is 1. The van der Waals surface area contributed by atoms with Crippen molar-refractivity contribution in [2.75, 3.05) is 0 Å². The maximum atomic E-state index is 5.43. The van der Waals surface area contributed by atoms with Gasteiger partial charge in [-0.1, -0.05) is 12.1 Å². The van der Waals surface area contributed by atoms with Crippen LogP contribution in [0.1, 0.15) is 0 Å². The second kappa shape index (κ2) is 3.68. The third-order valence-corrected chi connectivity index (χ3v) is 3.98. The van der Waals surface area contributed by atoms with Crippen LogP contribution >= 0.6 is 11.3 Å². The van der Waals surface area contributed by atoms with Crippen molar-refractivity contribution in [3.8, 4) is 21.9 Å². The summed E-state index contributed by atoms with van der Waals surface area (Å²) >= 11 is 1.69. The van der Waals surface area contributed by atoms with E-state index < -0.39 is 0 Å². The van der Waals surface area contributed by atoms with Gasteiger partial charge in [0.05, 0.1) is 16.5 Å². The molecule has 0 N–H and O–H groups in total. The van der Waals surface area contributed by atoms with E-state index in [4.69, 9.17) is 4.42 Å². The van der Waals surface area contributed by atoms with Gasteiger partial charge in [0.2, 0.25) is 0 Å². The second-order valence-corrected chi connectivity index (χ2v) is 5.07. The number of para-hydroxylation sites is 1. The van der Waals surface area contributed by atoms with Crippen LogP contribution in [0.4, 0.5) is 0 Å². The third kappa shape index (κ3) is 1.38. The average molecular weight is 250 g/mol. The van der Waals surface area contributed by atoms with Gasteiger partial charge in [-0.15, -0.1) is 11.3 Å². The molecule has 2 aromatic rings. The number of nitrogens with zero attached hydrogens (tertiary/aromatic N) is 1. The first-order valence-corrected chi connectivity index (χ1v) is 6.47. The fourth-order valence-corrected chi connectivity index (χ4v) is 3.07. The van der Waals surface area contributed by atoms with Gasteiger partial charge in [0.1, 0.15) is 10.8 Å². The number of hydrogen-bond acceptors (Lipinski definition) is 3. The molecule has 18 heavy (non-hydrogen) atoms. The Morgan fingerprint density at radius 3 is 3.00 bits per heavy atom. The normalized spacial score (nSPS) is 11.3. The van der Waals surface area contributed by atoms with Gasteiger partial charge in [0.25, 0.3) is 0 Å². The minimum absolute atomic E-state index is 0.853. The lowest BCUT2D eigenvalue weighted by molar-refractivity contribution is 0.567. The van der Waals surface area contributed by atoms with Crippen molar-refractivity contribution in [1.82, 2.24) is 4.98 Å². The van der Waals surface area contributed by atoms with Crippen LogP contribution in [0, 0.1) is 6.07 Å².